The van der Waals surface area contributed by atoms with E-state index in [2.05, 4.69) is 27.8 Å². The number of nitrogens with zero attached hydrogens (tertiary/aromatic N) is 1. The summed E-state index contributed by atoms with van der Waals surface area (Å²) >= 11 is 0. The molecule has 5 heteroatoms. The number of fused-ring (bicyclic) bond motifs is 2. The highest BCUT2D eigenvalue weighted by atomic mass is 16.2. The van der Waals surface area contributed by atoms with Gasteiger partial charge in [-0.15, -0.1) is 0 Å². The lowest BCUT2D eigenvalue weighted by molar-refractivity contribution is 0.0952. The number of nitrogens with one attached hydrogen (secondary N) is 2. The first-order valence-corrected chi connectivity index (χ1v) is 10.7. The predicted molar refractivity (Wildman–Crippen MR) is 131 cm³/mol. The highest BCUT2D eigenvalue weighted by molar-refractivity contribution is 6.10. The summed E-state index contributed by atoms with van der Waals surface area (Å²) < 4.78 is 0. The zero-order valence-electron chi connectivity index (χ0n) is 17.8. The first-order valence-electron chi connectivity index (χ1n) is 10.7. The number of hydrogen-bond acceptors (Lipinski definition) is 3. The SMILES string of the molecule is O=C(Nc1cc2ccccc2cc1C(=O)NCc1cccc2ccccc12)c1ccccn1. The van der Waals surface area contributed by atoms with E-state index >= 15 is 0 Å². The molecule has 0 bridgehead atoms. The third kappa shape index (κ3) is 4.29. The lowest BCUT2D eigenvalue weighted by Gasteiger charge is -2.14. The molecule has 0 aliphatic carbocycles. The molecule has 5 aromatic rings. The van der Waals surface area contributed by atoms with Crippen LogP contribution in [0.2, 0.25) is 0 Å². The van der Waals surface area contributed by atoms with Gasteiger partial charge in [0.2, 0.25) is 0 Å². The molecule has 0 saturated carbocycles. The molecule has 5 nitrogen and oxygen atoms in total. The number of pyridine rings is 1. The van der Waals surface area contributed by atoms with Crippen LogP contribution >= 0.6 is 0 Å². The van der Waals surface area contributed by atoms with E-state index in [9.17, 15) is 9.59 Å². The molecule has 0 atom stereocenters. The van der Waals surface area contributed by atoms with Crippen LogP contribution < -0.4 is 10.6 Å². The van der Waals surface area contributed by atoms with E-state index in [1.165, 1.54) is 0 Å². The van der Waals surface area contributed by atoms with Gasteiger partial charge in [0, 0.05) is 12.7 Å². The highest BCUT2D eigenvalue weighted by Crippen LogP contribution is 2.25. The lowest BCUT2D eigenvalue weighted by atomic mass is 10.0. The number of carbonyl (C=O) groups excluding carboxylic acids is 2. The van der Waals surface area contributed by atoms with Gasteiger partial charge < -0.3 is 10.6 Å². The molecular formula is C28H21N3O2. The van der Waals surface area contributed by atoms with Crippen molar-refractivity contribution >= 4 is 39.0 Å². The molecule has 1 aromatic heterocycles. The average Bonchev–Trinajstić information content (AvgIpc) is 2.87. The fourth-order valence-electron chi connectivity index (χ4n) is 3.93. The molecule has 2 amide bonds. The Morgan fingerprint density at radius 1 is 0.697 bits per heavy atom. The summed E-state index contributed by atoms with van der Waals surface area (Å²) in [6.45, 7) is 0.376. The van der Waals surface area contributed by atoms with Crippen molar-refractivity contribution in [2.24, 2.45) is 0 Å². The number of amides is 2. The van der Waals surface area contributed by atoms with E-state index in [0.717, 1.165) is 27.1 Å². The Kier molecular flexibility index (Phi) is 5.52. The smallest absolute Gasteiger partial charge is 0.274 e. The van der Waals surface area contributed by atoms with Crippen molar-refractivity contribution in [2.45, 2.75) is 6.54 Å². The fraction of sp³-hybridized carbons (Fsp3) is 0.0357. The number of hydrogen-bond donors (Lipinski definition) is 2. The van der Waals surface area contributed by atoms with E-state index in [-0.39, 0.29) is 17.5 Å². The van der Waals surface area contributed by atoms with Gasteiger partial charge in [-0.25, -0.2) is 0 Å². The standard InChI is InChI=1S/C28H21N3O2/c32-27(30-18-22-12-7-11-19-8-3-4-13-23(19)22)24-16-20-9-1-2-10-21(20)17-26(24)31-28(33)25-14-5-6-15-29-25/h1-17H,18H2,(H,30,32)(H,31,33). The van der Waals surface area contributed by atoms with Crippen molar-refractivity contribution in [1.29, 1.82) is 0 Å². The number of carbonyl (C=O) groups is 2. The maximum atomic E-state index is 13.3. The van der Waals surface area contributed by atoms with Crippen LogP contribution in [0, 0.1) is 0 Å². The molecule has 160 valence electrons. The number of rotatable bonds is 5. The maximum Gasteiger partial charge on any atom is 0.274 e. The van der Waals surface area contributed by atoms with Gasteiger partial charge in [-0.05, 0) is 51.4 Å². The summed E-state index contributed by atoms with van der Waals surface area (Å²) in [6.07, 6.45) is 1.56. The molecule has 0 aliphatic heterocycles. The van der Waals surface area contributed by atoms with Crippen LogP contribution in [0.1, 0.15) is 26.4 Å². The molecule has 5 rings (SSSR count). The van der Waals surface area contributed by atoms with E-state index in [4.69, 9.17) is 0 Å². The van der Waals surface area contributed by atoms with Gasteiger partial charge in [-0.1, -0.05) is 72.8 Å². The molecule has 0 aliphatic rings. The second-order valence-corrected chi connectivity index (χ2v) is 7.73. The van der Waals surface area contributed by atoms with Crippen LogP contribution in [0.5, 0.6) is 0 Å². The van der Waals surface area contributed by atoms with Crippen molar-refractivity contribution in [2.75, 3.05) is 5.32 Å². The van der Waals surface area contributed by atoms with Crippen molar-refractivity contribution in [3.63, 3.8) is 0 Å². The van der Waals surface area contributed by atoms with Gasteiger partial charge in [0.25, 0.3) is 11.8 Å². The third-order valence-electron chi connectivity index (χ3n) is 5.60. The number of benzene rings is 4. The van der Waals surface area contributed by atoms with Crippen molar-refractivity contribution in [1.82, 2.24) is 10.3 Å². The summed E-state index contributed by atoms with van der Waals surface area (Å²) in [5.41, 5.74) is 2.16. The summed E-state index contributed by atoms with van der Waals surface area (Å²) in [5, 5.41) is 9.96. The van der Waals surface area contributed by atoms with Gasteiger partial charge >= 0.3 is 0 Å². The van der Waals surface area contributed by atoms with Crippen molar-refractivity contribution < 1.29 is 9.59 Å². The molecule has 33 heavy (non-hydrogen) atoms. The second kappa shape index (κ2) is 8.93. The van der Waals surface area contributed by atoms with Crippen LogP contribution in [0.15, 0.2) is 103 Å². The van der Waals surface area contributed by atoms with Gasteiger partial charge in [0.1, 0.15) is 5.69 Å². The number of anilines is 1. The van der Waals surface area contributed by atoms with Crippen LogP contribution in [-0.2, 0) is 6.54 Å². The summed E-state index contributed by atoms with van der Waals surface area (Å²) in [5.74, 6) is -0.626. The summed E-state index contributed by atoms with van der Waals surface area (Å²) in [4.78, 5) is 30.1. The van der Waals surface area contributed by atoms with Crippen LogP contribution in [0.4, 0.5) is 5.69 Å². The molecule has 0 radical (unpaired) electrons. The molecule has 0 unspecified atom stereocenters. The zero-order valence-corrected chi connectivity index (χ0v) is 17.8. The first-order chi connectivity index (χ1) is 16.2. The molecular weight excluding hydrogens is 410 g/mol. The Hall–Kier alpha value is -4.51. The van der Waals surface area contributed by atoms with E-state index in [1.807, 2.05) is 66.7 Å². The Labute approximate surface area is 191 Å². The largest absolute Gasteiger partial charge is 0.348 e. The average molecular weight is 431 g/mol. The Morgan fingerprint density at radius 2 is 1.39 bits per heavy atom. The minimum absolute atomic E-state index is 0.259. The summed E-state index contributed by atoms with van der Waals surface area (Å²) in [6, 6.07) is 30.6. The van der Waals surface area contributed by atoms with Gasteiger partial charge in [0.05, 0.1) is 11.3 Å². The molecule has 2 N–H and O–H groups in total. The van der Waals surface area contributed by atoms with Crippen LogP contribution in [-0.4, -0.2) is 16.8 Å². The maximum absolute atomic E-state index is 13.3. The Balaban J connectivity index is 1.46. The lowest BCUT2D eigenvalue weighted by Crippen LogP contribution is -2.25. The molecule has 4 aromatic carbocycles. The molecule has 0 saturated heterocycles. The molecule has 0 spiro atoms. The van der Waals surface area contributed by atoms with E-state index < -0.39 is 0 Å². The monoisotopic (exact) mass is 431 g/mol. The number of aromatic nitrogens is 1. The fourth-order valence-corrected chi connectivity index (χ4v) is 3.93. The Bertz CT molecular complexity index is 1470. The molecule has 0 fully saturated rings. The molecule has 1 heterocycles. The normalized spacial score (nSPS) is 10.8. The van der Waals surface area contributed by atoms with E-state index in [1.54, 1.807) is 24.4 Å². The van der Waals surface area contributed by atoms with Crippen LogP contribution in [0.25, 0.3) is 21.5 Å². The zero-order chi connectivity index (χ0) is 22.6. The van der Waals surface area contributed by atoms with Crippen molar-refractivity contribution in [3.8, 4) is 0 Å². The minimum atomic E-state index is -0.367. The third-order valence-corrected chi connectivity index (χ3v) is 5.60. The second-order valence-electron chi connectivity index (χ2n) is 7.73. The van der Waals surface area contributed by atoms with Gasteiger partial charge in [-0.2, -0.15) is 0 Å². The first kappa shape index (κ1) is 20.4. The van der Waals surface area contributed by atoms with Gasteiger partial charge in [0.15, 0.2) is 0 Å². The van der Waals surface area contributed by atoms with Gasteiger partial charge in [-0.3, -0.25) is 14.6 Å². The summed E-state index contributed by atoms with van der Waals surface area (Å²) in [7, 11) is 0. The topological polar surface area (TPSA) is 71.1 Å². The predicted octanol–water partition coefficient (Wildman–Crippen LogP) is 5.57. The van der Waals surface area contributed by atoms with E-state index in [0.29, 0.717) is 17.8 Å². The highest BCUT2D eigenvalue weighted by Gasteiger charge is 2.16. The quantitative estimate of drug-likeness (QED) is 0.382. The van der Waals surface area contributed by atoms with Crippen molar-refractivity contribution in [3.05, 3.63) is 120 Å². The Morgan fingerprint density at radius 3 is 2.18 bits per heavy atom. The van der Waals surface area contributed by atoms with Crippen LogP contribution in [0.3, 0.4) is 0 Å². The minimum Gasteiger partial charge on any atom is -0.348 e.